The summed E-state index contributed by atoms with van der Waals surface area (Å²) in [6.07, 6.45) is 1.40. The van der Waals surface area contributed by atoms with Gasteiger partial charge in [0.1, 0.15) is 5.75 Å². The molecule has 0 unspecified atom stereocenters. The number of rotatable bonds is 6. The molecule has 0 aliphatic rings. The van der Waals surface area contributed by atoms with Crippen molar-refractivity contribution in [2.24, 2.45) is 5.10 Å². The molecule has 3 aromatic rings. The smallest absolute Gasteiger partial charge is 0.343 e. The highest BCUT2D eigenvalue weighted by Crippen LogP contribution is 2.36. The first kappa shape index (κ1) is 22.0. The van der Waals surface area contributed by atoms with Crippen molar-refractivity contribution in [1.82, 2.24) is 5.43 Å². The molecule has 0 fully saturated rings. The van der Waals surface area contributed by atoms with Crippen LogP contribution in [-0.2, 0) is 0 Å². The number of ether oxygens (including phenoxy) is 2. The fraction of sp³-hybridized carbons (Fsp3) is 0.0870. The number of nitrogens with zero attached hydrogens (tertiary/aromatic N) is 1. The third-order valence-corrected chi connectivity index (χ3v) is 4.85. The number of phenols is 1. The van der Waals surface area contributed by atoms with Crippen LogP contribution in [0.5, 0.6) is 17.2 Å². The molecule has 2 N–H and O–H groups in total. The molecule has 3 aromatic carbocycles. The van der Waals surface area contributed by atoms with Crippen molar-refractivity contribution < 1.29 is 24.2 Å². The van der Waals surface area contributed by atoms with Crippen LogP contribution in [0.2, 0.25) is 0 Å². The molecule has 0 aromatic heterocycles. The Morgan fingerprint density at radius 3 is 2.48 bits per heavy atom. The van der Waals surface area contributed by atoms with Crippen molar-refractivity contribution in [1.29, 1.82) is 0 Å². The van der Waals surface area contributed by atoms with E-state index in [0.717, 1.165) is 5.56 Å². The molecule has 0 aliphatic carbocycles. The summed E-state index contributed by atoms with van der Waals surface area (Å²) >= 11 is 3.38. The summed E-state index contributed by atoms with van der Waals surface area (Å²) in [5, 5.41) is 13.6. The van der Waals surface area contributed by atoms with Gasteiger partial charge in [0.05, 0.1) is 28.9 Å². The number of esters is 1. The average molecular weight is 483 g/mol. The fourth-order valence-corrected chi connectivity index (χ4v) is 3.19. The summed E-state index contributed by atoms with van der Waals surface area (Å²) in [4.78, 5) is 24.5. The number of aryl methyl sites for hydroxylation is 1. The Kier molecular flexibility index (Phi) is 7.04. The molecular formula is C23H19BrN2O5. The van der Waals surface area contributed by atoms with E-state index < -0.39 is 11.9 Å². The quantitative estimate of drug-likeness (QED) is 0.234. The van der Waals surface area contributed by atoms with Gasteiger partial charge in [-0.2, -0.15) is 5.10 Å². The van der Waals surface area contributed by atoms with Gasteiger partial charge in [-0.05, 0) is 64.8 Å². The normalized spacial score (nSPS) is 10.7. The molecule has 0 aliphatic heterocycles. The van der Waals surface area contributed by atoms with Crippen molar-refractivity contribution >= 4 is 34.0 Å². The van der Waals surface area contributed by atoms with Crippen LogP contribution in [0.25, 0.3) is 0 Å². The second-order valence-corrected chi connectivity index (χ2v) is 7.36. The van der Waals surface area contributed by atoms with Gasteiger partial charge < -0.3 is 14.6 Å². The SMILES string of the molecule is COc1cc(C=NNC(=O)c2ccccc2O)cc(Br)c1OC(=O)c1ccc(C)cc1. The van der Waals surface area contributed by atoms with Gasteiger partial charge in [0.2, 0.25) is 0 Å². The predicted octanol–water partition coefficient (Wildman–Crippen LogP) is 4.45. The monoisotopic (exact) mass is 482 g/mol. The number of phenolic OH excluding ortho intramolecular Hbond substituents is 1. The summed E-state index contributed by atoms with van der Waals surface area (Å²) in [6.45, 7) is 1.93. The van der Waals surface area contributed by atoms with E-state index in [2.05, 4.69) is 26.5 Å². The van der Waals surface area contributed by atoms with Crippen LogP contribution in [0.3, 0.4) is 0 Å². The molecular weight excluding hydrogens is 464 g/mol. The minimum Gasteiger partial charge on any atom is -0.507 e. The van der Waals surface area contributed by atoms with E-state index in [1.807, 2.05) is 19.1 Å². The van der Waals surface area contributed by atoms with Gasteiger partial charge in [0.15, 0.2) is 11.5 Å². The number of methoxy groups -OCH3 is 1. The van der Waals surface area contributed by atoms with Crippen LogP contribution < -0.4 is 14.9 Å². The zero-order chi connectivity index (χ0) is 22.4. The standard InChI is InChI=1S/C23H19BrN2O5/c1-14-7-9-16(10-8-14)23(29)31-21-18(24)11-15(12-20(21)30-2)13-25-26-22(28)17-5-3-4-6-19(17)27/h3-13,27H,1-2H3,(H,26,28). The van der Waals surface area contributed by atoms with Crippen LogP contribution in [0, 0.1) is 6.92 Å². The predicted molar refractivity (Wildman–Crippen MR) is 120 cm³/mol. The number of carbonyl (C=O) groups is 2. The summed E-state index contributed by atoms with van der Waals surface area (Å²) in [6, 6.07) is 16.4. The maximum atomic E-state index is 12.4. The van der Waals surface area contributed by atoms with E-state index in [-0.39, 0.29) is 17.1 Å². The summed E-state index contributed by atoms with van der Waals surface area (Å²) < 4.78 is 11.3. The molecule has 8 heteroatoms. The van der Waals surface area contributed by atoms with Crippen molar-refractivity contribution in [2.45, 2.75) is 6.92 Å². The van der Waals surface area contributed by atoms with E-state index in [0.29, 0.717) is 21.3 Å². The number of carbonyl (C=O) groups excluding carboxylic acids is 2. The molecule has 0 saturated heterocycles. The van der Waals surface area contributed by atoms with Gasteiger partial charge in [0.25, 0.3) is 5.91 Å². The van der Waals surface area contributed by atoms with Crippen LogP contribution in [0.15, 0.2) is 70.2 Å². The Hall–Kier alpha value is -3.65. The molecule has 0 atom stereocenters. The molecule has 3 rings (SSSR count). The highest BCUT2D eigenvalue weighted by atomic mass is 79.9. The minimum absolute atomic E-state index is 0.108. The van der Waals surface area contributed by atoms with Crippen molar-refractivity contribution in [2.75, 3.05) is 7.11 Å². The molecule has 158 valence electrons. The van der Waals surface area contributed by atoms with Crippen LogP contribution in [-0.4, -0.2) is 30.3 Å². The molecule has 0 spiro atoms. The second-order valence-electron chi connectivity index (χ2n) is 6.51. The zero-order valence-corrected chi connectivity index (χ0v) is 18.3. The topological polar surface area (TPSA) is 97.2 Å². The Morgan fingerprint density at radius 1 is 1.10 bits per heavy atom. The molecule has 0 saturated carbocycles. The molecule has 7 nitrogen and oxygen atoms in total. The molecule has 0 radical (unpaired) electrons. The van der Waals surface area contributed by atoms with E-state index >= 15 is 0 Å². The first-order valence-corrected chi connectivity index (χ1v) is 9.96. The van der Waals surface area contributed by atoms with Crippen LogP contribution in [0.1, 0.15) is 31.8 Å². The maximum Gasteiger partial charge on any atom is 0.343 e. The summed E-state index contributed by atoms with van der Waals surface area (Å²) in [5.74, 6) is -0.675. The minimum atomic E-state index is -0.552. The Labute approximate surface area is 187 Å². The van der Waals surface area contributed by atoms with Gasteiger partial charge >= 0.3 is 5.97 Å². The van der Waals surface area contributed by atoms with Gasteiger partial charge in [-0.3, -0.25) is 4.79 Å². The largest absolute Gasteiger partial charge is 0.507 e. The lowest BCUT2D eigenvalue weighted by Gasteiger charge is -2.12. The number of hydrazone groups is 1. The van der Waals surface area contributed by atoms with E-state index in [4.69, 9.17) is 9.47 Å². The summed E-state index contributed by atoms with van der Waals surface area (Å²) in [5.41, 5.74) is 4.48. The number of nitrogens with one attached hydrogen (secondary N) is 1. The van der Waals surface area contributed by atoms with E-state index in [9.17, 15) is 14.7 Å². The Balaban J connectivity index is 1.75. The first-order valence-electron chi connectivity index (χ1n) is 9.17. The van der Waals surface area contributed by atoms with Crippen LogP contribution in [0.4, 0.5) is 0 Å². The Morgan fingerprint density at radius 2 is 1.81 bits per heavy atom. The number of aromatic hydroxyl groups is 1. The van der Waals surface area contributed by atoms with E-state index in [1.165, 1.54) is 25.5 Å². The number of amides is 1. The molecule has 0 heterocycles. The van der Waals surface area contributed by atoms with Crippen LogP contribution >= 0.6 is 15.9 Å². The molecule has 31 heavy (non-hydrogen) atoms. The number of halogens is 1. The number of hydrogen-bond donors (Lipinski definition) is 2. The number of benzene rings is 3. The zero-order valence-electron chi connectivity index (χ0n) is 16.8. The maximum absolute atomic E-state index is 12.4. The highest BCUT2D eigenvalue weighted by molar-refractivity contribution is 9.10. The lowest BCUT2D eigenvalue weighted by atomic mass is 10.1. The average Bonchev–Trinajstić information content (AvgIpc) is 2.76. The number of para-hydroxylation sites is 1. The van der Waals surface area contributed by atoms with Crippen molar-refractivity contribution in [3.63, 3.8) is 0 Å². The molecule has 0 bridgehead atoms. The fourth-order valence-electron chi connectivity index (χ4n) is 2.65. The lowest BCUT2D eigenvalue weighted by Crippen LogP contribution is -2.17. The third kappa shape index (κ3) is 5.49. The summed E-state index contributed by atoms with van der Waals surface area (Å²) in [7, 11) is 1.45. The lowest BCUT2D eigenvalue weighted by molar-refractivity contribution is 0.0728. The van der Waals surface area contributed by atoms with Gasteiger partial charge in [-0.25, -0.2) is 10.2 Å². The second kappa shape index (κ2) is 9.90. The van der Waals surface area contributed by atoms with Gasteiger partial charge in [-0.15, -0.1) is 0 Å². The highest BCUT2D eigenvalue weighted by Gasteiger charge is 2.17. The van der Waals surface area contributed by atoms with E-state index in [1.54, 1.807) is 36.4 Å². The number of hydrogen-bond acceptors (Lipinski definition) is 6. The van der Waals surface area contributed by atoms with Gasteiger partial charge in [0, 0.05) is 0 Å². The van der Waals surface area contributed by atoms with Crippen molar-refractivity contribution in [3.05, 3.63) is 87.4 Å². The van der Waals surface area contributed by atoms with Crippen molar-refractivity contribution in [3.8, 4) is 17.2 Å². The van der Waals surface area contributed by atoms with Gasteiger partial charge in [-0.1, -0.05) is 29.8 Å². The third-order valence-electron chi connectivity index (χ3n) is 4.26. The Bertz CT molecular complexity index is 1140. The first-order chi connectivity index (χ1) is 14.9. The molecule has 1 amide bonds.